The molecule has 0 saturated carbocycles. The van der Waals surface area contributed by atoms with Gasteiger partial charge in [0.2, 0.25) is 0 Å². The van der Waals surface area contributed by atoms with E-state index in [1.807, 2.05) is 29.2 Å². The highest BCUT2D eigenvalue weighted by molar-refractivity contribution is 5.83. The van der Waals surface area contributed by atoms with E-state index in [1.165, 1.54) is 0 Å². The highest BCUT2D eigenvalue weighted by Gasteiger charge is 2.39. The van der Waals surface area contributed by atoms with Crippen LogP contribution in [-0.2, 0) is 4.79 Å². The van der Waals surface area contributed by atoms with Gasteiger partial charge in [-0.3, -0.25) is 9.89 Å². The summed E-state index contributed by atoms with van der Waals surface area (Å²) in [5.41, 5.74) is 2.25. The van der Waals surface area contributed by atoms with E-state index >= 15 is 0 Å². The van der Waals surface area contributed by atoms with E-state index in [0.717, 1.165) is 42.9 Å². The Kier molecular flexibility index (Phi) is 3.56. The van der Waals surface area contributed by atoms with Gasteiger partial charge < -0.3 is 9.64 Å². The zero-order valence-electron chi connectivity index (χ0n) is 13.2. The van der Waals surface area contributed by atoms with Crippen molar-refractivity contribution in [2.24, 2.45) is 0 Å². The predicted octanol–water partition coefficient (Wildman–Crippen LogP) is 2.68. The van der Waals surface area contributed by atoms with Gasteiger partial charge in [-0.1, -0.05) is 25.1 Å². The maximum atomic E-state index is 13.0. The average Bonchev–Trinajstić information content (AvgIpc) is 3.23. The summed E-state index contributed by atoms with van der Waals surface area (Å²) in [6, 6.07) is 9.96. The molecule has 0 radical (unpaired) electrons. The van der Waals surface area contributed by atoms with E-state index in [2.05, 4.69) is 23.2 Å². The van der Waals surface area contributed by atoms with Crippen molar-refractivity contribution < 1.29 is 9.53 Å². The van der Waals surface area contributed by atoms with E-state index in [4.69, 9.17) is 4.74 Å². The summed E-state index contributed by atoms with van der Waals surface area (Å²) in [5.74, 6) is 1.40. The minimum absolute atomic E-state index is 0.103. The van der Waals surface area contributed by atoms with Crippen LogP contribution >= 0.6 is 0 Å². The molecule has 2 aromatic rings. The number of nitrogens with one attached hydrogen (secondary N) is 1. The summed E-state index contributed by atoms with van der Waals surface area (Å²) >= 11 is 0. The van der Waals surface area contributed by atoms with Crippen LogP contribution in [0.5, 0.6) is 5.75 Å². The van der Waals surface area contributed by atoms with Crippen molar-refractivity contribution in [3.63, 3.8) is 0 Å². The van der Waals surface area contributed by atoms with E-state index < -0.39 is 6.10 Å². The molecule has 1 saturated heterocycles. The first-order chi connectivity index (χ1) is 11.2. The van der Waals surface area contributed by atoms with E-state index in [0.29, 0.717) is 5.92 Å². The van der Waals surface area contributed by atoms with Crippen molar-refractivity contribution in [3.8, 4) is 5.75 Å². The van der Waals surface area contributed by atoms with Crippen LogP contribution in [-0.4, -0.2) is 40.2 Å². The predicted molar refractivity (Wildman–Crippen MR) is 86.4 cm³/mol. The monoisotopic (exact) mass is 311 g/mol. The van der Waals surface area contributed by atoms with Crippen LogP contribution in [0.3, 0.4) is 0 Å². The van der Waals surface area contributed by atoms with Gasteiger partial charge in [-0.15, -0.1) is 0 Å². The third kappa shape index (κ3) is 2.50. The Bertz CT molecular complexity index is 698. The lowest BCUT2D eigenvalue weighted by atomic mass is 9.92. The number of carbonyl (C=O) groups is 1. The normalized spacial score (nSPS) is 26.7. The number of nitrogens with zero attached hydrogens (tertiary/aromatic N) is 2. The number of likely N-dealkylation sites (tertiary alicyclic amines) is 1. The number of piperidine rings is 1. The number of benzene rings is 1. The Labute approximate surface area is 135 Å². The number of hydrogen-bond acceptors (Lipinski definition) is 3. The van der Waals surface area contributed by atoms with Crippen LogP contribution in [0.2, 0.25) is 0 Å². The molecule has 1 aromatic carbocycles. The first-order valence-electron chi connectivity index (χ1n) is 8.27. The second kappa shape index (κ2) is 5.72. The molecule has 2 aliphatic heterocycles. The van der Waals surface area contributed by atoms with Gasteiger partial charge in [0, 0.05) is 42.4 Å². The van der Waals surface area contributed by atoms with Crippen LogP contribution in [0.25, 0.3) is 0 Å². The molecule has 5 nitrogen and oxygen atoms in total. The maximum Gasteiger partial charge on any atom is 0.264 e. The molecule has 0 bridgehead atoms. The molecule has 3 atom stereocenters. The third-order valence-corrected chi connectivity index (χ3v) is 5.06. The molecular weight excluding hydrogens is 290 g/mol. The van der Waals surface area contributed by atoms with Gasteiger partial charge in [0.15, 0.2) is 6.10 Å². The topological polar surface area (TPSA) is 58.2 Å². The summed E-state index contributed by atoms with van der Waals surface area (Å²) < 4.78 is 5.95. The number of hydrogen-bond donors (Lipinski definition) is 1. The Morgan fingerprint density at radius 3 is 3.00 bits per heavy atom. The summed E-state index contributed by atoms with van der Waals surface area (Å²) in [6.45, 7) is 3.63. The first-order valence-corrected chi connectivity index (χ1v) is 8.27. The van der Waals surface area contributed by atoms with Crippen molar-refractivity contribution in [1.82, 2.24) is 15.1 Å². The zero-order chi connectivity index (χ0) is 15.8. The molecule has 1 amide bonds. The first kappa shape index (κ1) is 14.3. The molecule has 0 unspecified atom stereocenters. The quantitative estimate of drug-likeness (QED) is 0.927. The molecule has 23 heavy (non-hydrogen) atoms. The van der Waals surface area contributed by atoms with Crippen LogP contribution < -0.4 is 4.74 Å². The lowest BCUT2D eigenvalue weighted by molar-refractivity contribution is -0.140. The van der Waals surface area contributed by atoms with Crippen molar-refractivity contribution >= 4 is 5.91 Å². The fourth-order valence-corrected chi connectivity index (χ4v) is 3.74. The summed E-state index contributed by atoms with van der Waals surface area (Å²) in [6.07, 6.45) is 3.49. The number of aromatic nitrogens is 2. The summed E-state index contributed by atoms with van der Waals surface area (Å²) in [4.78, 5) is 14.9. The molecule has 5 heteroatoms. The lowest BCUT2D eigenvalue weighted by Gasteiger charge is -2.34. The SMILES string of the molecule is C[C@@H]1c2ccccc2O[C@H]1C(=O)N1CCC[C@@H](c2ccn[nH]2)C1. The highest BCUT2D eigenvalue weighted by atomic mass is 16.5. The molecule has 3 heterocycles. The zero-order valence-corrected chi connectivity index (χ0v) is 13.2. The molecule has 1 fully saturated rings. The molecule has 120 valence electrons. The van der Waals surface area contributed by atoms with Gasteiger partial charge in [-0.25, -0.2) is 0 Å². The number of carbonyl (C=O) groups excluding carboxylic acids is 1. The van der Waals surface area contributed by atoms with Gasteiger partial charge in [0.1, 0.15) is 5.75 Å². The van der Waals surface area contributed by atoms with Crippen LogP contribution in [0.15, 0.2) is 36.5 Å². The van der Waals surface area contributed by atoms with Crippen molar-refractivity contribution in [1.29, 1.82) is 0 Å². The Morgan fingerprint density at radius 2 is 2.22 bits per heavy atom. The summed E-state index contributed by atoms with van der Waals surface area (Å²) in [5, 5.41) is 7.07. The lowest BCUT2D eigenvalue weighted by Crippen LogP contribution is -2.46. The molecular formula is C18H21N3O2. The van der Waals surface area contributed by atoms with Crippen molar-refractivity contribution in [2.45, 2.75) is 37.7 Å². The number of amides is 1. The van der Waals surface area contributed by atoms with Crippen LogP contribution in [0, 0.1) is 0 Å². The fourth-order valence-electron chi connectivity index (χ4n) is 3.74. The largest absolute Gasteiger partial charge is 0.480 e. The second-order valence-corrected chi connectivity index (χ2v) is 6.50. The average molecular weight is 311 g/mol. The van der Waals surface area contributed by atoms with Gasteiger partial charge in [-0.2, -0.15) is 5.10 Å². The maximum absolute atomic E-state index is 13.0. The molecule has 2 aliphatic rings. The standard InChI is InChI=1S/C18H21N3O2/c1-12-14-6-2-3-7-16(14)23-17(12)18(22)21-10-4-5-13(11-21)15-8-9-19-20-15/h2-3,6-9,12-13,17H,4-5,10-11H2,1H3,(H,19,20)/t12-,13-,17-/m1/s1. The number of rotatable bonds is 2. The van der Waals surface area contributed by atoms with E-state index in [1.54, 1.807) is 6.20 Å². The van der Waals surface area contributed by atoms with Gasteiger partial charge in [0.05, 0.1) is 0 Å². The third-order valence-electron chi connectivity index (χ3n) is 5.06. The minimum atomic E-state index is -0.395. The van der Waals surface area contributed by atoms with Crippen molar-refractivity contribution in [3.05, 3.63) is 47.8 Å². The fraction of sp³-hybridized carbons (Fsp3) is 0.444. The Hall–Kier alpha value is -2.30. The van der Waals surface area contributed by atoms with Crippen LogP contribution in [0.4, 0.5) is 0 Å². The molecule has 0 spiro atoms. The van der Waals surface area contributed by atoms with Gasteiger partial charge >= 0.3 is 0 Å². The number of H-pyrrole nitrogens is 1. The van der Waals surface area contributed by atoms with E-state index in [9.17, 15) is 4.79 Å². The van der Waals surface area contributed by atoms with Gasteiger partial charge in [0.25, 0.3) is 5.91 Å². The number of aromatic amines is 1. The molecule has 1 aromatic heterocycles. The molecule has 0 aliphatic carbocycles. The minimum Gasteiger partial charge on any atom is -0.480 e. The number of fused-ring (bicyclic) bond motifs is 1. The summed E-state index contributed by atoms with van der Waals surface area (Å²) in [7, 11) is 0. The molecule has 1 N–H and O–H groups in total. The van der Waals surface area contributed by atoms with Crippen LogP contribution in [0.1, 0.15) is 42.9 Å². The second-order valence-electron chi connectivity index (χ2n) is 6.50. The number of ether oxygens (including phenoxy) is 1. The highest BCUT2D eigenvalue weighted by Crippen LogP contribution is 2.39. The van der Waals surface area contributed by atoms with Crippen molar-refractivity contribution in [2.75, 3.05) is 13.1 Å². The van der Waals surface area contributed by atoms with E-state index in [-0.39, 0.29) is 11.8 Å². The Morgan fingerprint density at radius 1 is 1.35 bits per heavy atom. The Balaban J connectivity index is 1.49. The van der Waals surface area contributed by atoms with Gasteiger partial charge in [-0.05, 0) is 25.0 Å². The smallest absolute Gasteiger partial charge is 0.264 e. The molecule has 4 rings (SSSR count). The number of para-hydroxylation sites is 1.